The molecule has 0 radical (unpaired) electrons. The molecule has 42 heavy (non-hydrogen) atoms. The molecule has 1 amide bonds. The molecule has 2 atom stereocenters. The zero-order valence-corrected chi connectivity index (χ0v) is 23.4. The highest BCUT2D eigenvalue weighted by Crippen LogP contribution is 2.53. The summed E-state index contributed by atoms with van der Waals surface area (Å²) >= 11 is 12.9. The molecule has 4 aliphatic rings. The average Bonchev–Trinajstić information content (AvgIpc) is 3.67. The van der Waals surface area contributed by atoms with Crippen molar-refractivity contribution in [2.45, 2.75) is 57.1 Å². The number of carboxylic acids is 1. The number of benzene rings is 2. The number of carbonyl (C=O) groups excluding carboxylic acids is 1. The van der Waals surface area contributed by atoms with Crippen LogP contribution < -0.4 is 10.1 Å². The first-order valence-corrected chi connectivity index (χ1v) is 14.2. The minimum Gasteiger partial charge on any atom is -0.478 e. The summed E-state index contributed by atoms with van der Waals surface area (Å²) in [4.78, 5) is 24.4. The summed E-state index contributed by atoms with van der Waals surface area (Å²) in [6.45, 7) is 0.237. The summed E-state index contributed by atoms with van der Waals surface area (Å²) < 4.78 is 54.9. The van der Waals surface area contributed by atoms with Crippen molar-refractivity contribution in [1.82, 2.24) is 5.16 Å². The number of aromatic carboxylic acids is 1. The van der Waals surface area contributed by atoms with Crippen molar-refractivity contribution in [2.24, 2.45) is 17.8 Å². The van der Waals surface area contributed by atoms with Crippen LogP contribution in [0.3, 0.4) is 0 Å². The largest absolute Gasteiger partial charge is 0.573 e. The minimum atomic E-state index is -5.06. The van der Waals surface area contributed by atoms with Crippen LogP contribution in [0.25, 0.3) is 11.3 Å². The summed E-state index contributed by atoms with van der Waals surface area (Å²) in [5, 5.41) is 16.8. The number of fused-ring (bicyclic) bond motifs is 2. The van der Waals surface area contributed by atoms with E-state index in [9.17, 15) is 22.8 Å². The molecule has 1 aromatic heterocycles. The Morgan fingerprint density at radius 3 is 2.38 bits per heavy atom. The van der Waals surface area contributed by atoms with Crippen molar-refractivity contribution in [3.8, 4) is 17.0 Å². The van der Waals surface area contributed by atoms with Gasteiger partial charge in [0.25, 0.3) is 0 Å². The van der Waals surface area contributed by atoms with Gasteiger partial charge in [-0.3, -0.25) is 4.79 Å². The van der Waals surface area contributed by atoms with E-state index in [1.54, 1.807) is 18.2 Å². The number of rotatable bonds is 9. The Labute approximate surface area is 248 Å². The molecule has 2 unspecified atom stereocenters. The molecule has 1 heterocycles. The predicted octanol–water partition coefficient (Wildman–Crippen LogP) is 7.69. The molecule has 0 spiro atoms. The van der Waals surface area contributed by atoms with Crippen LogP contribution in [0.2, 0.25) is 10.0 Å². The van der Waals surface area contributed by atoms with Crippen LogP contribution in [-0.2, 0) is 16.1 Å². The average molecular weight is 625 g/mol. The van der Waals surface area contributed by atoms with E-state index in [0.717, 1.165) is 48.8 Å². The number of aromatic nitrogens is 1. The van der Waals surface area contributed by atoms with Gasteiger partial charge in [0, 0.05) is 23.0 Å². The van der Waals surface area contributed by atoms with Gasteiger partial charge < -0.3 is 24.4 Å². The SMILES string of the molecule is O=C(O)c1ccc(NC(=O)C2C3CC(OCc4c(-c5c(Cl)cccc5Cl)noc4C4CC4)CC2C3)c(OC(F)(F)F)c1. The lowest BCUT2D eigenvalue weighted by Crippen LogP contribution is -2.51. The number of carbonyl (C=O) groups is 2. The topological polar surface area (TPSA) is 111 Å². The van der Waals surface area contributed by atoms with Gasteiger partial charge in [0.1, 0.15) is 11.5 Å². The Morgan fingerprint density at radius 1 is 1.07 bits per heavy atom. The molecule has 13 heteroatoms. The van der Waals surface area contributed by atoms with E-state index in [1.807, 2.05) is 0 Å². The maximum absolute atomic E-state index is 13.1. The Morgan fingerprint density at radius 2 is 1.76 bits per heavy atom. The number of alkyl halides is 3. The van der Waals surface area contributed by atoms with Crippen LogP contribution in [0.1, 0.15) is 59.7 Å². The minimum absolute atomic E-state index is 0.0121. The third-order valence-corrected chi connectivity index (χ3v) is 8.83. The van der Waals surface area contributed by atoms with Gasteiger partial charge in [-0.05, 0) is 74.3 Å². The zero-order chi connectivity index (χ0) is 29.8. The molecular weight excluding hydrogens is 600 g/mol. The highest BCUT2D eigenvalue weighted by molar-refractivity contribution is 6.39. The predicted molar refractivity (Wildman–Crippen MR) is 146 cm³/mol. The number of nitrogens with zero attached hydrogens (tertiary/aromatic N) is 1. The molecule has 0 aliphatic heterocycles. The molecule has 0 saturated heterocycles. The van der Waals surface area contributed by atoms with Crippen molar-refractivity contribution < 1.29 is 41.9 Å². The molecular formula is C29H25Cl2F3N2O6. The molecule has 222 valence electrons. The summed E-state index contributed by atoms with van der Waals surface area (Å²) in [6, 6.07) is 8.16. The lowest BCUT2D eigenvalue weighted by Gasteiger charge is -2.51. The number of halogens is 5. The monoisotopic (exact) mass is 624 g/mol. The molecule has 2 bridgehead atoms. The van der Waals surface area contributed by atoms with E-state index in [0.29, 0.717) is 34.1 Å². The molecule has 4 aliphatic carbocycles. The van der Waals surface area contributed by atoms with Crippen LogP contribution >= 0.6 is 23.2 Å². The summed E-state index contributed by atoms with van der Waals surface area (Å²) in [5.41, 5.74) is 1.31. The first-order chi connectivity index (χ1) is 20.0. The highest BCUT2D eigenvalue weighted by Gasteiger charge is 2.51. The van der Waals surface area contributed by atoms with Crippen LogP contribution in [-0.4, -0.2) is 34.6 Å². The quantitative estimate of drug-likeness (QED) is 0.251. The second-order valence-corrected chi connectivity index (χ2v) is 11.8. The standard InChI is InChI=1S/C29H25Cl2F3N2O6/c30-19-2-1-3-20(31)24(19)25-18(26(42-36-25)13-4-5-13)12-40-17-9-15-8-16(10-17)23(15)27(37)35-21-7-6-14(28(38)39)11-22(21)41-29(32,33)34/h1-3,6-7,11,13,15-17,23H,4-5,8-10,12H2,(H,35,37)(H,38,39). The van der Waals surface area contributed by atoms with Crippen LogP contribution in [0.5, 0.6) is 5.75 Å². The molecule has 2 N–H and O–H groups in total. The number of hydrogen-bond acceptors (Lipinski definition) is 6. The molecule has 4 fully saturated rings. The van der Waals surface area contributed by atoms with Crippen molar-refractivity contribution in [3.05, 3.63) is 63.3 Å². The fourth-order valence-electron chi connectivity index (χ4n) is 6.13. The number of anilines is 1. The van der Waals surface area contributed by atoms with Gasteiger partial charge in [0.05, 0.1) is 34.0 Å². The second-order valence-electron chi connectivity index (χ2n) is 11.0. The van der Waals surface area contributed by atoms with E-state index in [-0.39, 0.29) is 36.2 Å². The van der Waals surface area contributed by atoms with Crippen LogP contribution in [0.15, 0.2) is 40.9 Å². The molecule has 8 nitrogen and oxygen atoms in total. The number of ether oxygens (including phenoxy) is 2. The first-order valence-electron chi connectivity index (χ1n) is 13.5. The maximum Gasteiger partial charge on any atom is 0.573 e. The van der Waals surface area contributed by atoms with Gasteiger partial charge in [-0.1, -0.05) is 34.4 Å². The van der Waals surface area contributed by atoms with E-state index in [1.165, 1.54) is 0 Å². The number of nitrogens with one attached hydrogen (secondary N) is 1. The van der Waals surface area contributed by atoms with Gasteiger partial charge in [0.2, 0.25) is 5.91 Å². The highest BCUT2D eigenvalue weighted by atomic mass is 35.5. The van der Waals surface area contributed by atoms with Crippen molar-refractivity contribution in [2.75, 3.05) is 5.32 Å². The third-order valence-electron chi connectivity index (χ3n) is 8.20. The van der Waals surface area contributed by atoms with Gasteiger partial charge in [0.15, 0.2) is 5.75 Å². The molecule has 4 saturated carbocycles. The van der Waals surface area contributed by atoms with Gasteiger partial charge in [-0.2, -0.15) is 0 Å². The van der Waals surface area contributed by atoms with Crippen molar-refractivity contribution >= 4 is 40.8 Å². The molecule has 7 rings (SSSR count). The van der Waals surface area contributed by atoms with Crippen molar-refractivity contribution in [1.29, 1.82) is 0 Å². The van der Waals surface area contributed by atoms with Gasteiger partial charge in [-0.15, -0.1) is 13.2 Å². The third kappa shape index (κ3) is 5.82. The zero-order valence-electron chi connectivity index (χ0n) is 21.9. The van der Waals surface area contributed by atoms with E-state index in [4.69, 9.17) is 37.6 Å². The van der Waals surface area contributed by atoms with Gasteiger partial charge >= 0.3 is 12.3 Å². The Bertz CT molecular complexity index is 1510. The summed E-state index contributed by atoms with van der Waals surface area (Å²) in [7, 11) is 0. The Kier molecular flexibility index (Phi) is 7.61. The lowest BCUT2D eigenvalue weighted by molar-refractivity contribution is -0.274. The van der Waals surface area contributed by atoms with E-state index >= 15 is 0 Å². The second kappa shape index (κ2) is 11.1. The number of hydrogen-bond donors (Lipinski definition) is 2. The van der Waals surface area contributed by atoms with Crippen LogP contribution in [0.4, 0.5) is 18.9 Å². The number of amides is 1. The normalized spacial score (nSPS) is 23.3. The molecule has 3 aromatic rings. The summed E-state index contributed by atoms with van der Waals surface area (Å²) in [6.07, 6.45) is -1.19. The van der Waals surface area contributed by atoms with E-state index < -0.39 is 35.5 Å². The first kappa shape index (κ1) is 28.8. The Balaban J connectivity index is 1.12. The van der Waals surface area contributed by atoms with E-state index in [2.05, 4.69) is 15.2 Å². The summed E-state index contributed by atoms with van der Waals surface area (Å²) in [5.74, 6) is -2.02. The lowest BCUT2D eigenvalue weighted by atomic mass is 9.56. The Hall–Kier alpha value is -3.28. The molecule has 2 aromatic carbocycles. The van der Waals surface area contributed by atoms with Crippen molar-refractivity contribution in [3.63, 3.8) is 0 Å². The maximum atomic E-state index is 13.1. The van der Waals surface area contributed by atoms with Crippen LogP contribution in [0, 0.1) is 17.8 Å². The fraction of sp³-hybridized carbons (Fsp3) is 0.414. The smallest absolute Gasteiger partial charge is 0.478 e. The van der Waals surface area contributed by atoms with Gasteiger partial charge in [-0.25, -0.2) is 4.79 Å². The fourth-order valence-corrected chi connectivity index (χ4v) is 6.70. The number of carboxylic acid groups (broad SMARTS) is 1.